The molecule has 2 rings (SSSR count). The number of ether oxygens (including phenoxy) is 2. The molecule has 1 aliphatic heterocycles. The lowest BCUT2D eigenvalue weighted by Gasteiger charge is -2.29. The lowest BCUT2D eigenvalue weighted by atomic mass is 9.97. The van der Waals surface area contributed by atoms with E-state index < -0.39 is 16.5 Å². The number of hydrogen-bond donors (Lipinski definition) is 0. The molecular weight excluding hydrogens is 340 g/mol. The van der Waals surface area contributed by atoms with E-state index in [1.807, 2.05) is 6.08 Å². The summed E-state index contributed by atoms with van der Waals surface area (Å²) in [7, 11) is 1.18. The van der Waals surface area contributed by atoms with Crippen LogP contribution < -0.4 is 0 Å². The Morgan fingerprint density at radius 2 is 1.96 bits per heavy atom. The zero-order chi connectivity index (χ0) is 19.5. The van der Waals surface area contributed by atoms with Crippen molar-refractivity contribution >= 4 is 23.3 Å². The summed E-state index contributed by atoms with van der Waals surface area (Å²) >= 11 is 0. The first kappa shape index (κ1) is 19.4. The van der Waals surface area contributed by atoms with Gasteiger partial charge in [-0.25, -0.2) is 9.59 Å². The Labute approximate surface area is 151 Å². The molecule has 26 heavy (non-hydrogen) atoms. The highest BCUT2D eigenvalue weighted by molar-refractivity contribution is 5.94. The van der Waals surface area contributed by atoms with Crippen LogP contribution in [-0.2, 0) is 9.47 Å². The molecular formula is C18H22N2O6. The van der Waals surface area contributed by atoms with Crippen molar-refractivity contribution in [2.45, 2.75) is 32.8 Å². The maximum absolute atomic E-state index is 12.1. The predicted molar refractivity (Wildman–Crippen MR) is 94.8 cm³/mol. The standard InChI is InChI=1S/C18H22N2O6/c1-18(2,3)26-17(22)19-9-7-12(8-10-19)13-5-6-14(16(21)25-4)15(11-13)20(23)24/h5-7,11H,8-10H2,1-4H3. The fraction of sp³-hybridized carbons (Fsp3) is 0.444. The molecule has 0 unspecified atom stereocenters. The molecule has 0 bridgehead atoms. The highest BCUT2D eigenvalue weighted by Gasteiger charge is 2.26. The van der Waals surface area contributed by atoms with Gasteiger partial charge in [-0.3, -0.25) is 10.1 Å². The van der Waals surface area contributed by atoms with Gasteiger partial charge in [-0.15, -0.1) is 0 Å². The van der Waals surface area contributed by atoms with Gasteiger partial charge in [-0.2, -0.15) is 0 Å². The van der Waals surface area contributed by atoms with Crippen molar-refractivity contribution in [3.63, 3.8) is 0 Å². The fourth-order valence-corrected chi connectivity index (χ4v) is 2.59. The molecule has 0 aliphatic carbocycles. The Bertz CT molecular complexity index is 763. The predicted octanol–water partition coefficient (Wildman–Crippen LogP) is 3.41. The van der Waals surface area contributed by atoms with Crippen molar-refractivity contribution < 1.29 is 24.0 Å². The summed E-state index contributed by atoms with van der Waals surface area (Å²) in [5, 5.41) is 11.3. The first-order valence-electron chi connectivity index (χ1n) is 8.16. The van der Waals surface area contributed by atoms with Gasteiger partial charge in [0.05, 0.1) is 12.0 Å². The summed E-state index contributed by atoms with van der Waals surface area (Å²) in [5.41, 5.74) is 0.571. The van der Waals surface area contributed by atoms with Crippen molar-refractivity contribution in [3.05, 3.63) is 45.5 Å². The number of esters is 1. The van der Waals surface area contributed by atoms with Gasteiger partial charge in [0.25, 0.3) is 5.69 Å². The van der Waals surface area contributed by atoms with Crippen molar-refractivity contribution in [2.75, 3.05) is 20.2 Å². The fourth-order valence-electron chi connectivity index (χ4n) is 2.59. The van der Waals surface area contributed by atoms with E-state index in [-0.39, 0.29) is 17.3 Å². The van der Waals surface area contributed by atoms with Crippen LogP contribution in [0.25, 0.3) is 5.57 Å². The molecule has 0 aromatic heterocycles. The first-order chi connectivity index (χ1) is 12.1. The lowest BCUT2D eigenvalue weighted by Crippen LogP contribution is -2.39. The third kappa shape index (κ3) is 4.59. The summed E-state index contributed by atoms with van der Waals surface area (Å²) in [6.45, 7) is 6.22. The second-order valence-electron chi connectivity index (χ2n) is 6.89. The molecule has 0 atom stereocenters. The summed E-state index contributed by atoms with van der Waals surface area (Å²) in [6.07, 6.45) is 1.98. The highest BCUT2D eigenvalue weighted by Crippen LogP contribution is 2.29. The summed E-state index contributed by atoms with van der Waals surface area (Å²) in [4.78, 5) is 36.0. The van der Waals surface area contributed by atoms with E-state index in [0.29, 0.717) is 25.1 Å². The Hall–Kier alpha value is -2.90. The maximum Gasteiger partial charge on any atom is 0.410 e. The molecule has 140 valence electrons. The summed E-state index contributed by atoms with van der Waals surface area (Å²) in [5.74, 6) is -0.753. The summed E-state index contributed by atoms with van der Waals surface area (Å²) in [6, 6.07) is 4.40. The topological polar surface area (TPSA) is 99.0 Å². The van der Waals surface area contributed by atoms with Gasteiger partial charge in [-0.1, -0.05) is 12.1 Å². The zero-order valence-electron chi connectivity index (χ0n) is 15.3. The molecule has 0 N–H and O–H groups in total. The monoisotopic (exact) mass is 362 g/mol. The molecule has 0 fully saturated rings. The Morgan fingerprint density at radius 1 is 1.27 bits per heavy atom. The Morgan fingerprint density at radius 3 is 2.46 bits per heavy atom. The molecule has 0 spiro atoms. The van der Waals surface area contributed by atoms with Crippen molar-refractivity contribution in [2.24, 2.45) is 0 Å². The van der Waals surface area contributed by atoms with Gasteiger partial charge in [0.2, 0.25) is 0 Å². The minimum atomic E-state index is -0.753. The SMILES string of the molecule is COC(=O)c1ccc(C2=CCN(C(=O)OC(C)(C)C)CC2)cc1[N+](=O)[O-]. The van der Waals surface area contributed by atoms with Crippen LogP contribution >= 0.6 is 0 Å². The smallest absolute Gasteiger partial charge is 0.410 e. The van der Waals surface area contributed by atoms with Crippen LogP contribution in [0, 0.1) is 10.1 Å². The quantitative estimate of drug-likeness (QED) is 0.464. The number of amides is 1. The Kier molecular flexibility index (Phi) is 5.64. The molecule has 0 radical (unpaired) electrons. The van der Waals surface area contributed by atoms with E-state index in [1.54, 1.807) is 31.7 Å². The molecule has 8 nitrogen and oxygen atoms in total. The minimum absolute atomic E-state index is 0.0898. The third-order valence-electron chi connectivity index (χ3n) is 3.83. The van der Waals surface area contributed by atoms with E-state index in [1.165, 1.54) is 19.2 Å². The van der Waals surface area contributed by atoms with Crippen LogP contribution in [0.2, 0.25) is 0 Å². The van der Waals surface area contributed by atoms with Crippen LogP contribution in [0.4, 0.5) is 10.5 Å². The number of carbonyl (C=O) groups excluding carboxylic acids is 2. The second-order valence-corrected chi connectivity index (χ2v) is 6.89. The average Bonchev–Trinajstić information content (AvgIpc) is 2.59. The van der Waals surface area contributed by atoms with Gasteiger partial charge in [-0.05, 0) is 44.4 Å². The molecule has 0 saturated heterocycles. The van der Waals surface area contributed by atoms with Gasteiger partial charge in [0, 0.05) is 19.2 Å². The molecule has 1 aromatic rings. The minimum Gasteiger partial charge on any atom is -0.465 e. The first-order valence-corrected chi connectivity index (χ1v) is 8.16. The van der Waals surface area contributed by atoms with Crippen LogP contribution in [0.3, 0.4) is 0 Å². The van der Waals surface area contributed by atoms with Gasteiger partial charge in [0.1, 0.15) is 11.2 Å². The van der Waals surface area contributed by atoms with Gasteiger partial charge < -0.3 is 14.4 Å². The molecule has 1 aliphatic rings. The van der Waals surface area contributed by atoms with Crippen molar-refractivity contribution in [3.8, 4) is 0 Å². The molecule has 1 amide bonds. The number of nitro groups is 1. The van der Waals surface area contributed by atoms with Crippen LogP contribution in [-0.4, -0.2) is 47.7 Å². The number of carbonyl (C=O) groups is 2. The Balaban J connectivity index is 2.20. The maximum atomic E-state index is 12.1. The average molecular weight is 362 g/mol. The van der Waals surface area contributed by atoms with Crippen LogP contribution in [0.1, 0.15) is 43.1 Å². The van der Waals surface area contributed by atoms with E-state index >= 15 is 0 Å². The normalized spacial score (nSPS) is 14.5. The van der Waals surface area contributed by atoms with Crippen molar-refractivity contribution in [1.82, 2.24) is 4.90 Å². The summed E-state index contributed by atoms with van der Waals surface area (Å²) < 4.78 is 9.92. The molecule has 1 aromatic carbocycles. The van der Waals surface area contributed by atoms with E-state index in [2.05, 4.69) is 4.74 Å². The lowest BCUT2D eigenvalue weighted by molar-refractivity contribution is -0.385. The van der Waals surface area contributed by atoms with E-state index in [4.69, 9.17) is 4.74 Å². The van der Waals surface area contributed by atoms with Crippen LogP contribution in [0.15, 0.2) is 24.3 Å². The number of nitrogens with zero attached hydrogens (tertiary/aromatic N) is 2. The van der Waals surface area contributed by atoms with Crippen molar-refractivity contribution in [1.29, 1.82) is 0 Å². The number of hydrogen-bond acceptors (Lipinski definition) is 6. The molecule has 1 heterocycles. The molecule has 8 heteroatoms. The molecule has 0 saturated carbocycles. The number of benzene rings is 1. The number of rotatable bonds is 3. The van der Waals surface area contributed by atoms with Gasteiger partial charge in [0.15, 0.2) is 0 Å². The third-order valence-corrected chi connectivity index (χ3v) is 3.83. The number of nitro benzene ring substituents is 1. The largest absolute Gasteiger partial charge is 0.465 e. The van der Waals surface area contributed by atoms with Gasteiger partial charge >= 0.3 is 12.1 Å². The van der Waals surface area contributed by atoms with E-state index in [9.17, 15) is 19.7 Å². The van der Waals surface area contributed by atoms with Crippen LogP contribution in [0.5, 0.6) is 0 Å². The second kappa shape index (κ2) is 7.55. The number of methoxy groups -OCH3 is 1. The van der Waals surface area contributed by atoms with E-state index in [0.717, 1.165) is 5.57 Å². The highest BCUT2D eigenvalue weighted by atomic mass is 16.6. The zero-order valence-corrected chi connectivity index (χ0v) is 15.3.